The third-order valence-electron chi connectivity index (χ3n) is 1.87. The van der Waals surface area contributed by atoms with Gasteiger partial charge in [0.25, 0.3) is 0 Å². The summed E-state index contributed by atoms with van der Waals surface area (Å²) in [4.78, 5) is 21.8. The molecule has 1 rings (SSSR count). The van der Waals surface area contributed by atoms with E-state index >= 15 is 0 Å². The molecule has 0 fully saturated rings. The number of esters is 1. The Hall–Kier alpha value is -1.81. The second-order valence-electron chi connectivity index (χ2n) is 3.16. The summed E-state index contributed by atoms with van der Waals surface area (Å²) in [6.07, 6.45) is 2.68. The molecule has 1 N–H and O–H groups in total. The fourth-order valence-corrected chi connectivity index (χ4v) is 1.43. The van der Waals surface area contributed by atoms with Gasteiger partial charge in [0.1, 0.15) is 0 Å². The van der Waals surface area contributed by atoms with Gasteiger partial charge in [-0.3, -0.25) is 0 Å². The Balaban J connectivity index is 2.91. The van der Waals surface area contributed by atoms with Gasteiger partial charge in [-0.1, -0.05) is 11.6 Å². The van der Waals surface area contributed by atoms with Crippen LogP contribution in [0, 0.1) is 0 Å². The van der Waals surface area contributed by atoms with E-state index in [1.54, 1.807) is 13.0 Å². The van der Waals surface area contributed by atoms with Crippen molar-refractivity contribution in [3.8, 4) is 0 Å². The first-order valence-electron chi connectivity index (χ1n) is 4.91. The highest BCUT2D eigenvalue weighted by molar-refractivity contribution is 6.31. The third kappa shape index (κ3) is 4.28. The van der Waals surface area contributed by atoms with Crippen LogP contribution in [0.15, 0.2) is 24.3 Å². The fourth-order valence-electron chi connectivity index (χ4n) is 1.19. The van der Waals surface area contributed by atoms with Crippen molar-refractivity contribution in [3.63, 3.8) is 0 Å². The first-order chi connectivity index (χ1) is 8.02. The van der Waals surface area contributed by atoms with Gasteiger partial charge in [0.15, 0.2) is 0 Å². The first kappa shape index (κ1) is 13.3. The molecule has 5 heteroatoms. The zero-order valence-electron chi connectivity index (χ0n) is 9.14. The molecule has 0 aromatic heterocycles. The van der Waals surface area contributed by atoms with Crippen LogP contribution >= 0.6 is 11.6 Å². The molecule has 0 aliphatic carbocycles. The minimum Gasteiger partial charge on any atom is -0.478 e. The molecule has 0 unspecified atom stereocenters. The van der Waals surface area contributed by atoms with Crippen molar-refractivity contribution in [3.05, 3.63) is 40.4 Å². The second kappa shape index (κ2) is 6.06. The van der Waals surface area contributed by atoms with Gasteiger partial charge in [0.2, 0.25) is 0 Å². The van der Waals surface area contributed by atoms with Crippen molar-refractivity contribution in [2.75, 3.05) is 6.61 Å². The molecule has 0 saturated heterocycles. The summed E-state index contributed by atoms with van der Waals surface area (Å²) in [7, 11) is 0. The monoisotopic (exact) mass is 254 g/mol. The van der Waals surface area contributed by atoms with Gasteiger partial charge in [-0.05, 0) is 36.8 Å². The van der Waals surface area contributed by atoms with Crippen LogP contribution in [0.4, 0.5) is 0 Å². The maximum atomic E-state index is 11.1. The molecule has 4 nitrogen and oxygen atoms in total. The average molecular weight is 255 g/mol. The van der Waals surface area contributed by atoms with Crippen LogP contribution in [0.25, 0.3) is 6.08 Å². The van der Waals surface area contributed by atoms with Crippen molar-refractivity contribution >= 4 is 29.6 Å². The van der Waals surface area contributed by atoms with Crippen LogP contribution in [-0.4, -0.2) is 23.7 Å². The van der Waals surface area contributed by atoms with Gasteiger partial charge in [-0.2, -0.15) is 0 Å². The van der Waals surface area contributed by atoms with Crippen molar-refractivity contribution in [1.29, 1.82) is 0 Å². The van der Waals surface area contributed by atoms with E-state index in [0.717, 1.165) is 0 Å². The molecule has 0 aliphatic rings. The Labute approximate surface area is 103 Å². The van der Waals surface area contributed by atoms with Gasteiger partial charge in [-0.25, -0.2) is 9.59 Å². The fraction of sp³-hybridized carbons (Fsp3) is 0.167. The molecule has 0 atom stereocenters. The lowest BCUT2D eigenvalue weighted by atomic mass is 10.1. The molecule has 0 radical (unpaired) electrons. The summed E-state index contributed by atoms with van der Waals surface area (Å²) in [5.41, 5.74) is 0.601. The van der Waals surface area contributed by atoms with Crippen molar-refractivity contribution in [1.82, 2.24) is 0 Å². The van der Waals surface area contributed by atoms with Crippen LogP contribution in [0.2, 0.25) is 5.02 Å². The van der Waals surface area contributed by atoms with Crippen molar-refractivity contribution in [2.24, 2.45) is 0 Å². The number of carboxylic acids is 1. The number of hydrogen-bond acceptors (Lipinski definition) is 3. The molecule has 0 saturated carbocycles. The summed E-state index contributed by atoms with van der Waals surface area (Å²) in [5.74, 6) is -1.55. The Morgan fingerprint density at radius 3 is 2.71 bits per heavy atom. The molecule has 0 amide bonds. The highest BCUT2D eigenvalue weighted by atomic mass is 35.5. The Bertz CT molecular complexity index is 466. The quantitative estimate of drug-likeness (QED) is 0.663. The summed E-state index contributed by atoms with van der Waals surface area (Å²) in [5, 5.41) is 9.12. The second-order valence-corrected chi connectivity index (χ2v) is 3.60. The summed E-state index contributed by atoms with van der Waals surface area (Å²) < 4.78 is 4.70. The molecule has 0 bridgehead atoms. The minimum absolute atomic E-state index is 0.0704. The van der Waals surface area contributed by atoms with Gasteiger partial charge >= 0.3 is 11.9 Å². The lowest BCUT2D eigenvalue weighted by Gasteiger charge is -1.99. The Morgan fingerprint density at radius 2 is 2.12 bits per heavy atom. The molecule has 0 heterocycles. The average Bonchev–Trinajstić information content (AvgIpc) is 2.26. The predicted octanol–water partition coefficient (Wildman–Crippen LogP) is 2.61. The van der Waals surface area contributed by atoms with Crippen LogP contribution in [0.3, 0.4) is 0 Å². The Morgan fingerprint density at radius 1 is 1.41 bits per heavy atom. The first-order valence-corrected chi connectivity index (χ1v) is 5.29. The van der Waals surface area contributed by atoms with Gasteiger partial charge in [-0.15, -0.1) is 0 Å². The Kier molecular flexibility index (Phi) is 4.72. The molecule has 17 heavy (non-hydrogen) atoms. The molecule has 1 aromatic rings. The van der Waals surface area contributed by atoms with E-state index in [1.165, 1.54) is 24.3 Å². The van der Waals surface area contributed by atoms with Crippen LogP contribution < -0.4 is 0 Å². The van der Waals surface area contributed by atoms with Crippen LogP contribution in [0.5, 0.6) is 0 Å². The molecule has 0 aliphatic heterocycles. The number of ether oxygens (including phenoxy) is 1. The molecule has 0 spiro atoms. The standard InChI is InChI=1S/C12H11ClO4/c1-2-17-11(14)4-3-8-5-9(12(15)16)7-10(13)6-8/h3-7H,2H2,1H3,(H,15,16)/b4-3+. The molecular weight excluding hydrogens is 244 g/mol. The van der Waals surface area contributed by atoms with E-state index in [4.69, 9.17) is 21.4 Å². The number of carboxylic acid groups (broad SMARTS) is 1. The molecular formula is C12H11ClO4. The zero-order chi connectivity index (χ0) is 12.8. The highest BCUT2D eigenvalue weighted by Crippen LogP contribution is 2.16. The zero-order valence-corrected chi connectivity index (χ0v) is 9.90. The number of carbonyl (C=O) groups is 2. The maximum Gasteiger partial charge on any atom is 0.335 e. The van der Waals surface area contributed by atoms with Crippen LogP contribution in [0.1, 0.15) is 22.8 Å². The van der Waals surface area contributed by atoms with E-state index in [1.807, 2.05) is 0 Å². The SMILES string of the molecule is CCOC(=O)/C=C/c1cc(Cl)cc(C(=O)O)c1. The summed E-state index contributed by atoms with van der Waals surface area (Å²) >= 11 is 5.76. The highest BCUT2D eigenvalue weighted by Gasteiger charge is 2.05. The summed E-state index contributed by atoms with van der Waals surface area (Å²) in [6, 6.07) is 4.32. The van der Waals surface area contributed by atoms with E-state index in [9.17, 15) is 9.59 Å². The van der Waals surface area contributed by atoms with E-state index < -0.39 is 11.9 Å². The van der Waals surface area contributed by atoms with Crippen molar-refractivity contribution in [2.45, 2.75) is 6.92 Å². The van der Waals surface area contributed by atoms with E-state index in [-0.39, 0.29) is 5.56 Å². The van der Waals surface area contributed by atoms with Crippen LogP contribution in [-0.2, 0) is 9.53 Å². The largest absolute Gasteiger partial charge is 0.478 e. The van der Waals surface area contributed by atoms with Gasteiger partial charge < -0.3 is 9.84 Å². The lowest BCUT2D eigenvalue weighted by Crippen LogP contribution is -1.99. The number of halogens is 1. The number of benzene rings is 1. The number of carbonyl (C=O) groups excluding carboxylic acids is 1. The van der Waals surface area contributed by atoms with Gasteiger partial charge in [0.05, 0.1) is 12.2 Å². The third-order valence-corrected chi connectivity index (χ3v) is 2.08. The number of rotatable bonds is 4. The maximum absolute atomic E-state index is 11.1. The molecule has 90 valence electrons. The van der Waals surface area contributed by atoms with E-state index in [0.29, 0.717) is 17.2 Å². The van der Waals surface area contributed by atoms with Gasteiger partial charge in [0, 0.05) is 11.1 Å². The smallest absolute Gasteiger partial charge is 0.335 e. The van der Waals surface area contributed by atoms with E-state index in [2.05, 4.69) is 0 Å². The topological polar surface area (TPSA) is 63.6 Å². The predicted molar refractivity (Wildman–Crippen MR) is 64.1 cm³/mol. The normalized spacial score (nSPS) is 10.5. The molecule has 1 aromatic carbocycles. The lowest BCUT2D eigenvalue weighted by molar-refractivity contribution is -0.137. The summed E-state index contributed by atoms with van der Waals surface area (Å²) in [6.45, 7) is 1.99. The number of hydrogen-bond donors (Lipinski definition) is 1. The minimum atomic E-state index is -1.07. The van der Waals surface area contributed by atoms with Crippen molar-refractivity contribution < 1.29 is 19.4 Å². The number of aromatic carboxylic acids is 1.